The minimum absolute atomic E-state index is 0.360. The Balaban J connectivity index is 1.54. The summed E-state index contributed by atoms with van der Waals surface area (Å²) in [6, 6.07) is 8.06. The summed E-state index contributed by atoms with van der Waals surface area (Å²) >= 11 is 0. The molecule has 2 aliphatic rings. The molecule has 0 amide bonds. The Morgan fingerprint density at radius 2 is 1.72 bits per heavy atom. The zero-order valence-electron chi connectivity index (χ0n) is 18.3. The molecule has 2 saturated heterocycles. The summed E-state index contributed by atoms with van der Waals surface area (Å²) in [6.45, 7) is 17.7. The highest BCUT2D eigenvalue weighted by atomic mass is 16.3. The molecule has 7 heteroatoms. The van der Waals surface area contributed by atoms with Crippen molar-refractivity contribution in [2.24, 2.45) is 4.99 Å². The van der Waals surface area contributed by atoms with E-state index in [0.29, 0.717) is 11.8 Å². The van der Waals surface area contributed by atoms with E-state index in [9.17, 15) is 5.11 Å². The first-order chi connectivity index (χ1) is 14.1. The van der Waals surface area contributed by atoms with Crippen molar-refractivity contribution in [3.8, 4) is 5.75 Å². The molecule has 0 radical (unpaired) electrons. The number of rotatable bonds is 6. The third-order valence-corrected chi connectivity index (χ3v) is 6.12. The number of guanidine groups is 1. The maximum atomic E-state index is 10.1. The number of aromatic hydroxyl groups is 1. The van der Waals surface area contributed by atoms with Gasteiger partial charge in [0.2, 0.25) is 0 Å². The van der Waals surface area contributed by atoms with Gasteiger partial charge in [0.1, 0.15) is 5.75 Å². The van der Waals surface area contributed by atoms with E-state index in [1.807, 2.05) is 18.2 Å². The van der Waals surface area contributed by atoms with Crippen molar-refractivity contribution in [1.29, 1.82) is 0 Å². The van der Waals surface area contributed by atoms with Gasteiger partial charge in [0.25, 0.3) is 0 Å². The SMILES string of the molecule is CCNC(=NCC(C)N1CCN(CC)CC1)N1CCN(c2ccccc2O)CC1. The van der Waals surface area contributed by atoms with Crippen LogP contribution in [0.25, 0.3) is 0 Å². The van der Waals surface area contributed by atoms with Crippen molar-refractivity contribution in [3.05, 3.63) is 24.3 Å². The first-order valence-electron chi connectivity index (χ1n) is 11.1. The van der Waals surface area contributed by atoms with Crippen LogP contribution >= 0.6 is 0 Å². The van der Waals surface area contributed by atoms with Crippen molar-refractivity contribution >= 4 is 11.6 Å². The van der Waals surface area contributed by atoms with Gasteiger partial charge in [-0.3, -0.25) is 9.89 Å². The van der Waals surface area contributed by atoms with Crippen LogP contribution in [-0.2, 0) is 0 Å². The predicted molar refractivity (Wildman–Crippen MR) is 121 cm³/mol. The average Bonchev–Trinajstić information content (AvgIpc) is 2.77. The molecule has 7 nitrogen and oxygen atoms in total. The molecule has 1 aromatic carbocycles. The first kappa shape index (κ1) is 21.7. The topological polar surface area (TPSA) is 57.6 Å². The summed E-state index contributed by atoms with van der Waals surface area (Å²) in [5, 5.41) is 13.6. The monoisotopic (exact) mass is 402 g/mol. The van der Waals surface area contributed by atoms with Crippen molar-refractivity contribution in [2.45, 2.75) is 26.8 Å². The second-order valence-corrected chi connectivity index (χ2v) is 7.98. The van der Waals surface area contributed by atoms with Crippen molar-refractivity contribution < 1.29 is 5.11 Å². The number of anilines is 1. The fourth-order valence-corrected chi connectivity index (χ4v) is 4.17. The van der Waals surface area contributed by atoms with Gasteiger partial charge in [-0.1, -0.05) is 19.1 Å². The number of benzene rings is 1. The molecule has 0 saturated carbocycles. The zero-order chi connectivity index (χ0) is 20.6. The van der Waals surface area contributed by atoms with E-state index in [2.05, 4.69) is 45.7 Å². The van der Waals surface area contributed by atoms with Crippen LogP contribution in [0.15, 0.2) is 29.3 Å². The van der Waals surface area contributed by atoms with Crippen molar-refractivity contribution in [3.63, 3.8) is 0 Å². The van der Waals surface area contributed by atoms with Gasteiger partial charge in [0, 0.05) is 64.9 Å². The van der Waals surface area contributed by atoms with Gasteiger partial charge in [-0.05, 0) is 32.5 Å². The number of piperazine rings is 2. The lowest BCUT2D eigenvalue weighted by Crippen LogP contribution is -2.53. The summed E-state index contributed by atoms with van der Waals surface area (Å²) in [5.41, 5.74) is 0.925. The molecular weight excluding hydrogens is 364 g/mol. The van der Waals surface area contributed by atoms with Gasteiger partial charge in [-0.25, -0.2) is 0 Å². The average molecular weight is 403 g/mol. The molecule has 2 N–H and O–H groups in total. The summed E-state index contributed by atoms with van der Waals surface area (Å²) < 4.78 is 0. The van der Waals surface area contributed by atoms with E-state index in [-0.39, 0.29) is 0 Å². The highest BCUT2D eigenvalue weighted by molar-refractivity contribution is 5.80. The number of phenolic OH excluding ortho intramolecular Hbond substituents is 1. The van der Waals surface area contributed by atoms with Gasteiger partial charge in [-0.15, -0.1) is 0 Å². The number of aliphatic imine (C=N–C) groups is 1. The van der Waals surface area contributed by atoms with Gasteiger partial charge >= 0.3 is 0 Å². The standard InChI is InChI=1S/C22H38N6O/c1-4-23-22(24-18-19(3)26-12-10-25(5-2)11-13-26)28-16-14-27(15-17-28)20-8-6-7-9-21(20)29/h6-9,19,29H,4-5,10-18H2,1-3H3,(H,23,24). The minimum Gasteiger partial charge on any atom is -0.506 e. The van der Waals surface area contributed by atoms with Gasteiger partial charge in [0.15, 0.2) is 5.96 Å². The Kier molecular flexibility index (Phi) is 8.00. The third-order valence-electron chi connectivity index (χ3n) is 6.12. The molecule has 3 rings (SSSR count). The lowest BCUT2D eigenvalue weighted by atomic mass is 10.2. The first-order valence-corrected chi connectivity index (χ1v) is 11.1. The van der Waals surface area contributed by atoms with Gasteiger partial charge < -0.3 is 25.1 Å². The number of hydrogen-bond acceptors (Lipinski definition) is 5. The number of nitrogens with zero attached hydrogens (tertiary/aromatic N) is 5. The highest BCUT2D eigenvalue weighted by Gasteiger charge is 2.23. The van der Waals surface area contributed by atoms with Crippen LogP contribution in [0.1, 0.15) is 20.8 Å². The zero-order valence-corrected chi connectivity index (χ0v) is 18.3. The fraction of sp³-hybridized carbons (Fsp3) is 0.682. The molecule has 2 fully saturated rings. The van der Waals surface area contributed by atoms with E-state index in [4.69, 9.17) is 4.99 Å². The molecule has 0 aromatic heterocycles. The van der Waals surface area contributed by atoms with E-state index >= 15 is 0 Å². The normalized spacial score (nSPS) is 20.7. The molecule has 1 atom stereocenters. The highest BCUT2D eigenvalue weighted by Crippen LogP contribution is 2.27. The quantitative estimate of drug-likeness (QED) is 0.556. The molecule has 162 valence electrons. The van der Waals surface area contributed by atoms with Gasteiger partial charge in [-0.2, -0.15) is 0 Å². The third kappa shape index (κ3) is 5.76. The maximum absolute atomic E-state index is 10.1. The Morgan fingerprint density at radius 3 is 2.34 bits per heavy atom. The summed E-state index contributed by atoms with van der Waals surface area (Å²) in [5.74, 6) is 1.38. The van der Waals surface area contributed by atoms with Crippen LogP contribution < -0.4 is 10.2 Å². The summed E-state index contributed by atoms with van der Waals surface area (Å²) in [4.78, 5) is 14.7. The number of para-hydroxylation sites is 2. The second-order valence-electron chi connectivity index (χ2n) is 7.98. The molecule has 0 bridgehead atoms. The number of phenols is 1. The number of hydrogen-bond donors (Lipinski definition) is 2. The van der Waals surface area contributed by atoms with Crippen LogP contribution in [0.4, 0.5) is 5.69 Å². The van der Waals surface area contributed by atoms with Crippen LogP contribution in [-0.4, -0.2) is 104 Å². The van der Waals surface area contributed by atoms with Crippen molar-refractivity contribution in [2.75, 3.05) is 76.9 Å². The lowest BCUT2D eigenvalue weighted by molar-refractivity contribution is 0.109. The minimum atomic E-state index is 0.360. The Labute approximate surface area is 176 Å². The summed E-state index contributed by atoms with van der Waals surface area (Å²) in [6.07, 6.45) is 0. The Morgan fingerprint density at radius 1 is 1.03 bits per heavy atom. The van der Waals surface area contributed by atoms with E-state index in [0.717, 1.165) is 70.5 Å². The second kappa shape index (κ2) is 10.7. The molecular formula is C22H38N6O. The smallest absolute Gasteiger partial charge is 0.194 e. The van der Waals surface area contributed by atoms with Crippen LogP contribution in [0, 0.1) is 0 Å². The summed E-state index contributed by atoms with van der Waals surface area (Å²) in [7, 11) is 0. The predicted octanol–water partition coefficient (Wildman–Crippen LogP) is 1.51. The van der Waals surface area contributed by atoms with Gasteiger partial charge in [0.05, 0.1) is 12.2 Å². The van der Waals surface area contributed by atoms with Crippen molar-refractivity contribution in [1.82, 2.24) is 20.0 Å². The number of likely N-dealkylation sites (N-methyl/N-ethyl adjacent to an activating group) is 1. The maximum Gasteiger partial charge on any atom is 0.194 e. The molecule has 29 heavy (non-hydrogen) atoms. The molecule has 0 spiro atoms. The largest absolute Gasteiger partial charge is 0.506 e. The number of nitrogens with one attached hydrogen (secondary N) is 1. The molecule has 0 aliphatic carbocycles. The fourth-order valence-electron chi connectivity index (χ4n) is 4.17. The molecule has 2 aliphatic heterocycles. The van der Waals surface area contributed by atoms with E-state index in [1.165, 1.54) is 13.1 Å². The van der Waals surface area contributed by atoms with Crippen LogP contribution in [0.3, 0.4) is 0 Å². The Hall–Kier alpha value is -1.99. The molecule has 1 aromatic rings. The van der Waals surface area contributed by atoms with Crippen LogP contribution in [0.2, 0.25) is 0 Å². The van der Waals surface area contributed by atoms with E-state index in [1.54, 1.807) is 6.07 Å². The van der Waals surface area contributed by atoms with E-state index < -0.39 is 0 Å². The molecule has 1 unspecified atom stereocenters. The lowest BCUT2D eigenvalue weighted by Gasteiger charge is -2.39. The molecule has 2 heterocycles. The van der Waals surface area contributed by atoms with Crippen LogP contribution in [0.5, 0.6) is 5.75 Å². The Bertz CT molecular complexity index is 650.